The van der Waals surface area contributed by atoms with Gasteiger partial charge >= 0.3 is 0 Å². The van der Waals surface area contributed by atoms with Gasteiger partial charge in [0.25, 0.3) is 0 Å². The van der Waals surface area contributed by atoms with Crippen LogP contribution in [0, 0.1) is 0 Å². The van der Waals surface area contributed by atoms with Gasteiger partial charge in [0.05, 0.1) is 5.60 Å². The van der Waals surface area contributed by atoms with Gasteiger partial charge in [-0.1, -0.05) is 6.07 Å². The van der Waals surface area contributed by atoms with Gasteiger partial charge < -0.3 is 9.47 Å². The van der Waals surface area contributed by atoms with E-state index in [0.29, 0.717) is 12.0 Å². The normalized spacial score (nSPS) is 30.2. The topological polar surface area (TPSA) is 34.6 Å². The monoisotopic (exact) mass is 288 g/mol. The highest BCUT2D eigenvalue weighted by atomic mass is 16.5. The van der Waals surface area contributed by atoms with Crippen molar-refractivity contribution in [3.05, 3.63) is 30.1 Å². The first-order valence-corrected chi connectivity index (χ1v) is 8.21. The average molecular weight is 288 g/mol. The number of aromatic nitrogens is 1. The Bertz CT molecular complexity index is 461. The molecule has 0 amide bonds. The van der Waals surface area contributed by atoms with Crippen molar-refractivity contribution in [2.45, 2.75) is 43.2 Å². The van der Waals surface area contributed by atoms with E-state index >= 15 is 0 Å². The molecule has 4 rings (SSSR count). The molecule has 1 atom stereocenters. The molecule has 0 radical (unpaired) electrons. The largest absolute Gasteiger partial charge is 0.381 e. The molecule has 0 aromatic carbocycles. The van der Waals surface area contributed by atoms with Crippen LogP contribution in [0.25, 0.3) is 0 Å². The molecule has 1 aromatic rings. The Balaban J connectivity index is 1.35. The van der Waals surface area contributed by atoms with Crippen molar-refractivity contribution in [3.63, 3.8) is 0 Å². The van der Waals surface area contributed by atoms with E-state index in [1.165, 1.54) is 18.5 Å². The van der Waals surface area contributed by atoms with Crippen LogP contribution in [0.1, 0.15) is 37.3 Å². The summed E-state index contributed by atoms with van der Waals surface area (Å²) in [6, 6.07) is 6.94. The number of hydrogen-bond acceptors (Lipinski definition) is 4. The Morgan fingerprint density at radius 3 is 2.76 bits per heavy atom. The van der Waals surface area contributed by atoms with Gasteiger partial charge in [-0.05, 0) is 37.8 Å². The highest BCUT2D eigenvalue weighted by Gasteiger charge is 2.43. The van der Waals surface area contributed by atoms with Crippen molar-refractivity contribution < 1.29 is 9.47 Å². The summed E-state index contributed by atoms with van der Waals surface area (Å²) < 4.78 is 11.7. The maximum absolute atomic E-state index is 6.15. The van der Waals surface area contributed by atoms with E-state index in [1.54, 1.807) is 0 Å². The minimum Gasteiger partial charge on any atom is -0.381 e. The summed E-state index contributed by atoms with van der Waals surface area (Å²) in [4.78, 5) is 7.13. The molecular weight excluding hydrogens is 264 g/mol. The van der Waals surface area contributed by atoms with Gasteiger partial charge in [0.1, 0.15) is 0 Å². The van der Waals surface area contributed by atoms with Gasteiger partial charge in [0.15, 0.2) is 0 Å². The number of pyridine rings is 1. The van der Waals surface area contributed by atoms with Gasteiger partial charge in [-0.25, -0.2) is 0 Å². The molecule has 4 nitrogen and oxygen atoms in total. The molecule has 4 heteroatoms. The summed E-state index contributed by atoms with van der Waals surface area (Å²) in [6.45, 7) is 4.96. The number of nitrogens with zero attached hydrogens (tertiary/aromatic N) is 2. The van der Waals surface area contributed by atoms with E-state index in [1.807, 2.05) is 12.3 Å². The molecule has 114 valence electrons. The molecule has 1 aromatic heterocycles. The van der Waals surface area contributed by atoms with Crippen LogP contribution >= 0.6 is 0 Å². The Morgan fingerprint density at radius 2 is 2.00 bits per heavy atom. The number of likely N-dealkylation sites (tertiary alicyclic amines) is 1. The second-order valence-corrected chi connectivity index (χ2v) is 6.70. The molecule has 3 saturated heterocycles. The molecule has 0 bridgehead atoms. The third kappa shape index (κ3) is 2.72. The predicted molar refractivity (Wildman–Crippen MR) is 80.3 cm³/mol. The van der Waals surface area contributed by atoms with E-state index in [2.05, 4.69) is 22.0 Å². The van der Waals surface area contributed by atoms with Gasteiger partial charge in [-0.15, -0.1) is 0 Å². The smallest absolute Gasteiger partial charge is 0.0741 e. The second kappa shape index (κ2) is 5.67. The van der Waals surface area contributed by atoms with E-state index in [0.717, 1.165) is 45.8 Å². The molecule has 3 fully saturated rings. The fourth-order valence-corrected chi connectivity index (χ4v) is 4.02. The van der Waals surface area contributed by atoms with Crippen molar-refractivity contribution in [3.8, 4) is 0 Å². The molecule has 1 spiro atoms. The second-order valence-electron chi connectivity index (χ2n) is 6.70. The SMILES string of the molecule is c1ccc(C2CN([C@H]3CCOC4(CCOCC4)C3)C2)nc1. The lowest BCUT2D eigenvalue weighted by Gasteiger charge is -2.51. The summed E-state index contributed by atoms with van der Waals surface area (Å²) in [7, 11) is 0. The summed E-state index contributed by atoms with van der Waals surface area (Å²) in [5.41, 5.74) is 1.36. The van der Waals surface area contributed by atoms with E-state index in [9.17, 15) is 0 Å². The van der Waals surface area contributed by atoms with Crippen molar-refractivity contribution in [1.29, 1.82) is 0 Å². The molecular formula is C17H24N2O2. The van der Waals surface area contributed by atoms with Crippen molar-refractivity contribution >= 4 is 0 Å². The van der Waals surface area contributed by atoms with Crippen LogP contribution in [0.3, 0.4) is 0 Å². The van der Waals surface area contributed by atoms with E-state index < -0.39 is 0 Å². The first-order chi connectivity index (χ1) is 10.3. The quantitative estimate of drug-likeness (QED) is 0.835. The summed E-state index contributed by atoms with van der Waals surface area (Å²) in [5, 5.41) is 0. The molecule has 3 aliphatic heterocycles. The lowest BCUT2D eigenvalue weighted by molar-refractivity contribution is -0.156. The Kier molecular flexibility index (Phi) is 3.69. The lowest BCUT2D eigenvalue weighted by atomic mass is 9.81. The Hall–Kier alpha value is -0.970. The van der Waals surface area contributed by atoms with Crippen LogP contribution < -0.4 is 0 Å². The molecule has 21 heavy (non-hydrogen) atoms. The molecule has 0 aliphatic carbocycles. The van der Waals surface area contributed by atoms with Crippen molar-refractivity contribution in [1.82, 2.24) is 9.88 Å². The molecule has 4 heterocycles. The summed E-state index contributed by atoms with van der Waals surface area (Å²) in [6.07, 6.45) is 6.41. The highest BCUT2D eigenvalue weighted by molar-refractivity contribution is 5.15. The summed E-state index contributed by atoms with van der Waals surface area (Å²) in [5.74, 6) is 0.625. The first kappa shape index (κ1) is 13.7. The molecule has 0 N–H and O–H groups in total. The van der Waals surface area contributed by atoms with Crippen LogP contribution in [0.4, 0.5) is 0 Å². The number of rotatable bonds is 2. The van der Waals surface area contributed by atoms with Gasteiger partial charge in [0, 0.05) is 56.8 Å². The zero-order valence-corrected chi connectivity index (χ0v) is 12.5. The maximum Gasteiger partial charge on any atom is 0.0741 e. The third-order valence-electron chi connectivity index (χ3n) is 5.40. The Morgan fingerprint density at radius 1 is 1.14 bits per heavy atom. The van der Waals surface area contributed by atoms with E-state index in [4.69, 9.17) is 9.47 Å². The van der Waals surface area contributed by atoms with Crippen LogP contribution in [0.15, 0.2) is 24.4 Å². The van der Waals surface area contributed by atoms with Crippen molar-refractivity contribution in [2.24, 2.45) is 0 Å². The standard InChI is InChI=1S/C17H24N2O2/c1-2-7-18-16(3-1)14-12-19(13-14)15-4-8-21-17(11-15)5-9-20-10-6-17/h1-3,7,14-15H,4-6,8-13H2/t15-/m0/s1. The summed E-state index contributed by atoms with van der Waals surface area (Å²) >= 11 is 0. The van der Waals surface area contributed by atoms with Gasteiger partial charge in [-0.3, -0.25) is 9.88 Å². The minimum absolute atomic E-state index is 0.108. The van der Waals surface area contributed by atoms with Crippen LogP contribution in [-0.4, -0.2) is 54.4 Å². The van der Waals surface area contributed by atoms with Gasteiger partial charge in [-0.2, -0.15) is 0 Å². The zero-order valence-electron chi connectivity index (χ0n) is 12.5. The lowest BCUT2D eigenvalue weighted by Crippen LogP contribution is -2.57. The Labute approximate surface area is 126 Å². The third-order valence-corrected chi connectivity index (χ3v) is 5.40. The average Bonchev–Trinajstić information content (AvgIpc) is 2.48. The van der Waals surface area contributed by atoms with Crippen LogP contribution in [-0.2, 0) is 9.47 Å². The number of hydrogen-bond donors (Lipinski definition) is 0. The van der Waals surface area contributed by atoms with Crippen LogP contribution in [0.2, 0.25) is 0 Å². The van der Waals surface area contributed by atoms with E-state index in [-0.39, 0.29) is 5.60 Å². The van der Waals surface area contributed by atoms with Gasteiger partial charge in [0.2, 0.25) is 0 Å². The fraction of sp³-hybridized carbons (Fsp3) is 0.706. The van der Waals surface area contributed by atoms with Crippen molar-refractivity contribution in [2.75, 3.05) is 32.9 Å². The van der Waals surface area contributed by atoms with Crippen LogP contribution in [0.5, 0.6) is 0 Å². The predicted octanol–water partition coefficient (Wildman–Crippen LogP) is 2.21. The number of ether oxygens (including phenoxy) is 2. The zero-order chi connectivity index (χ0) is 14.1. The molecule has 0 unspecified atom stereocenters. The minimum atomic E-state index is 0.108. The molecule has 0 saturated carbocycles. The maximum atomic E-state index is 6.15. The highest BCUT2D eigenvalue weighted by Crippen LogP contribution is 2.39. The first-order valence-electron chi connectivity index (χ1n) is 8.21. The fourth-order valence-electron chi connectivity index (χ4n) is 4.02. The molecule has 3 aliphatic rings.